The van der Waals surface area contributed by atoms with Gasteiger partial charge in [0, 0.05) is 42.3 Å². The van der Waals surface area contributed by atoms with Crippen LogP contribution in [0.25, 0.3) is 11.4 Å². The van der Waals surface area contributed by atoms with E-state index in [9.17, 15) is 13.2 Å². The van der Waals surface area contributed by atoms with Gasteiger partial charge in [-0.25, -0.2) is 9.97 Å². The number of nitrogens with zero attached hydrogens (tertiary/aromatic N) is 3. The predicted octanol–water partition coefficient (Wildman–Crippen LogP) is 3.60. The van der Waals surface area contributed by atoms with Gasteiger partial charge in [0.25, 0.3) is 0 Å². The lowest BCUT2D eigenvalue weighted by Gasteiger charge is -2.32. The van der Waals surface area contributed by atoms with E-state index >= 15 is 0 Å². The first-order chi connectivity index (χ1) is 13.7. The zero-order valence-electron chi connectivity index (χ0n) is 16.5. The number of piperidine rings is 1. The molecule has 0 saturated carbocycles. The van der Waals surface area contributed by atoms with Gasteiger partial charge in [-0.2, -0.15) is 13.2 Å². The van der Waals surface area contributed by atoms with Crippen LogP contribution in [-0.2, 0) is 12.6 Å². The molecule has 0 bridgehead atoms. The Bertz CT molecular complexity index is 868. The van der Waals surface area contributed by atoms with Gasteiger partial charge in [0.1, 0.15) is 5.82 Å². The number of benzene rings is 1. The fraction of sp³-hybridized carbons (Fsp3) is 0.500. The van der Waals surface area contributed by atoms with E-state index in [0.717, 1.165) is 38.3 Å². The highest BCUT2D eigenvalue weighted by atomic mass is 19.4. The van der Waals surface area contributed by atoms with Crippen molar-refractivity contribution < 1.29 is 13.2 Å². The number of aryl methyl sites for hydroxylation is 1. The van der Waals surface area contributed by atoms with E-state index in [1.807, 2.05) is 17.9 Å². The van der Waals surface area contributed by atoms with E-state index in [1.54, 1.807) is 0 Å². The van der Waals surface area contributed by atoms with E-state index in [0.29, 0.717) is 24.5 Å². The van der Waals surface area contributed by atoms with Crippen molar-refractivity contribution in [3.05, 3.63) is 29.5 Å². The molecular formula is C20H27F3N6. The molecular weight excluding hydrogens is 381 g/mol. The second-order valence-electron chi connectivity index (χ2n) is 7.48. The zero-order valence-corrected chi connectivity index (χ0v) is 16.5. The summed E-state index contributed by atoms with van der Waals surface area (Å²) in [6.07, 6.45) is -0.407. The molecule has 1 atom stereocenters. The van der Waals surface area contributed by atoms with Gasteiger partial charge < -0.3 is 22.1 Å². The third-order valence-electron chi connectivity index (χ3n) is 5.11. The Morgan fingerprint density at radius 2 is 1.90 bits per heavy atom. The minimum atomic E-state index is -4.68. The van der Waals surface area contributed by atoms with Gasteiger partial charge in [-0.3, -0.25) is 0 Å². The van der Waals surface area contributed by atoms with Crippen LogP contribution in [0.2, 0.25) is 0 Å². The maximum absolute atomic E-state index is 13.8. The van der Waals surface area contributed by atoms with Crippen LogP contribution in [0, 0.1) is 0 Å². The molecule has 0 spiro atoms. The second kappa shape index (κ2) is 8.44. The van der Waals surface area contributed by atoms with Crippen molar-refractivity contribution in [1.82, 2.24) is 9.97 Å². The molecule has 1 fully saturated rings. The quantitative estimate of drug-likeness (QED) is 0.653. The first-order valence-electron chi connectivity index (χ1n) is 9.84. The molecule has 1 saturated heterocycles. The van der Waals surface area contributed by atoms with Crippen molar-refractivity contribution in [2.45, 2.75) is 51.2 Å². The van der Waals surface area contributed by atoms with E-state index < -0.39 is 17.4 Å². The maximum atomic E-state index is 13.8. The van der Waals surface area contributed by atoms with E-state index in [4.69, 9.17) is 17.2 Å². The largest absolute Gasteiger partial charge is 0.419 e. The average Bonchev–Trinajstić information content (AvgIpc) is 2.66. The molecule has 3 rings (SSSR count). The van der Waals surface area contributed by atoms with Crippen molar-refractivity contribution in [2.24, 2.45) is 5.73 Å². The smallest absolute Gasteiger partial charge is 0.398 e. The molecule has 6 nitrogen and oxygen atoms in total. The molecule has 29 heavy (non-hydrogen) atoms. The summed E-state index contributed by atoms with van der Waals surface area (Å²) in [5.41, 5.74) is 16.7. The molecule has 0 radical (unpaired) electrons. The topological polar surface area (TPSA) is 107 Å². The molecule has 1 aliphatic rings. The fourth-order valence-corrected chi connectivity index (χ4v) is 3.64. The van der Waals surface area contributed by atoms with Crippen LogP contribution in [0.5, 0.6) is 0 Å². The van der Waals surface area contributed by atoms with Gasteiger partial charge in [-0.15, -0.1) is 0 Å². The molecule has 0 aliphatic carbocycles. The number of nitrogen functional groups attached to an aromatic ring is 2. The van der Waals surface area contributed by atoms with Crippen LogP contribution in [0.15, 0.2) is 18.2 Å². The number of aromatic nitrogens is 2. The summed E-state index contributed by atoms with van der Waals surface area (Å²) in [7, 11) is 0. The van der Waals surface area contributed by atoms with Crippen LogP contribution < -0.4 is 22.1 Å². The van der Waals surface area contributed by atoms with Crippen molar-refractivity contribution in [3.8, 4) is 11.4 Å². The number of hydrogen-bond donors (Lipinski definition) is 3. The highest BCUT2D eigenvalue weighted by Crippen LogP contribution is 2.43. The number of alkyl halides is 3. The van der Waals surface area contributed by atoms with Gasteiger partial charge in [-0.1, -0.05) is 13.3 Å². The standard InChI is InChI=1S/C20H27F3N6/c1-2-3-6-13-10-16(29-9-4-5-12(24)11-29)28-19(27-13)17-14(25)7-8-15(26)18(17)20(21,22)23/h7-8,10,12H,2-6,9,11,24-26H2,1H3. The molecule has 1 unspecified atom stereocenters. The van der Waals surface area contributed by atoms with E-state index in [-0.39, 0.29) is 23.1 Å². The minimum Gasteiger partial charge on any atom is -0.398 e. The van der Waals surface area contributed by atoms with Crippen LogP contribution in [0.1, 0.15) is 43.9 Å². The molecule has 6 N–H and O–H groups in total. The van der Waals surface area contributed by atoms with Gasteiger partial charge in [0.05, 0.1) is 11.1 Å². The molecule has 158 valence electrons. The number of hydrogen-bond acceptors (Lipinski definition) is 6. The van der Waals surface area contributed by atoms with Gasteiger partial charge in [0.15, 0.2) is 5.82 Å². The van der Waals surface area contributed by atoms with Crippen LogP contribution in [0.4, 0.5) is 30.4 Å². The summed E-state index contributed by atoms with van der Waals surface area (Å²) < 4.78 is 41.3. The lowest BCUT2D eigenvalue weighted by atomic mass is 10.0. The maximum Gasteiger partial charge on any atom is 0.419 e. The molecule has 2 aromatic rings. The highest BCUT2D eigenvalue weighted by molar-refractivity contribution is 5.81. The molecule has 1 aliphatic heterocycles. The van der Waals surface area contributed by atoms with Crippen molar-refractivity contribution >= 4 is 17.2 Å². The summed E-state index contributed by atoms with van der Waals surface area (Å²) in [5, 5.41) is 0. The molecule has 1 aromatic heterocycles. The first-order valence-corrected chi connectivity index (χ1v) is 9.84. The number of anilines is 3. The summed E-state index contributed by atoms with van der Waals surface area (Å²) >= 11 is 0. The SMILES string of the molecule is CCCCc1cc(N2CCCC(N)C2)nc(-c2c(N)ccc(N)c2C(F)(F)F)n1. The van der Waals surface area contributed by atoms with Crippen LogP contribution >= 0.6 is 0 Å². The lowest BCUT2D eigenvalue weighted by molar-refractivity contribution is -0.136. The molecule has 0 amide bonds. The number of unbranched alkanes of at least 4 members (excludes halogenated alkanes) is 1. The monoisotopic (exact) mass is 408 g/mol. The summed E-state index contributed by atoms with van der Waals surface area (Å²) in [5.74, 6) is 0.524. The summed E-state index contributed by atoms with van der Waals surface area (Å²) in [4.78, 5) is 10.9. The number of halogens is 3. The molecule has 2 heterocycles. The second-order valence-corrected chi connectivity index (χ2v) is 7.48. The Labute approximate surface area is 168 Å². The Morgan fingerprint density at radius 3 is 2.55 bits per heavy atom. The van der Waals surface area contributed by atoms with Crippen LogP contribution in [-0.4, -0.2) is 29.1 Å². The van der Waals surface area contributed by atoms with Crippen molar-refractivity contribution in [2.75, 3.05) is 29.5 Å². The predicted molar refractivity (Wildman–Crippen MR) is 109 cm³/mol. The third-order valence-corrected chi connectivity index (χ3v) is 5.11. The summed E-state index contributed by atoms with van der Waals surface area (Å²) in [6, 6.07) is 4.36. The normalized spacial score (nSPS) is 17.6. The summed E-state index contributed by atoms with van der Waals surface area (Å²) in [6.45, 7) is 3.39. The van der Waals surface area contributed by atoms with E-state index in [1.165, 1.54) is 6.07 Å². The lowest BCUT2D eigenvalue weighted by Crippen LogP contribution is -2.43. The van der Waals surface area contributed by atoms with Gasteiger partial charge in [-0.05, 0) is 37.8 Å². The zero-order chi connectivity index (χ0) is 21.2. The Balaban J connectivity index is 2.16. The minimum absolute atomic E-state index is 0.00410. The molecule has 1 aromatic carbocycles. The number of rotatable bonds is 5. The van der Waals surface area contributed by atoms with Gasteiger partial charge >= 0.3 is 6.18 Å². The Kier molecular flexibility index (Phi) is 6.16. The highest BCUT2D eigenvalue weighted by Gasteiger charge is 2.38. The van der Waals surface area contributed by atoms with Crippen molar-refractivity contribution in [1.29, 1.82) is 0 Å². The third kappa shape index (κ3) is 4.72. The first kappa shape index (κ1) is 21.2. The molecule has 9 heteroatoms. The Hall–Kier alpha value is -2.55. The average molecular weight is 408 g/mol. The Morgan fingerprint density at radius 1 is 1.17 bits per heavy atom. The van der Waals surface area contributed by atoms with Crippen molar-refractivity contribution in [3.63, 3.8) is 0 Å². The van der Waals surface area contributed by atoms with Gasteiger partial charge in [0.2, 0.25) is 0 Å². The fourth-order valence-electron chi connectivity index (χ4n) is 3.64. The van der Waals surface area contributed by atoms with E-state index in [2.05, 4.69) is 9.97 Å². The number of nitrogens with two attached hydrogens (primary N) is 3. The van der Waals surface area contributed by atoms with Crippen LogP contribution in [0.3, 0.4) is 0 Å².